The van der Waals surface area contributed by atoms with Crippen molar-refractivity contribution in [3.05, 3.63) is 41.7 Å². The van der Waals surface area contributed by atoms with Crippen molar-refractivity contribution >= 4 is 17.3 Å². The number of nitrogens with zero attached hydrogens (tertiary/aromatic N) is 4. The van der Waals surface area contributed by atoms with Gasteiger partial charge in [0.25, 0.3) is 0 Å². The largest absolute Gasteiger partial charge is 0.354 e. The van der Waals surface area contributed by atoms with Crippen LogP contribution in [0.15, 0.2) is 30.6 Å². The van der Waals surface area contributed by atoms with Crippen LogP contribution in [0.4, 0.5) is 17.3 Å². The predicted molar refractivity (Wildman–Crippen MR) is 95.6 cm³/mol. The summed E-state index contributed by atoms with van der Waals surface area (Å²) in [7, 11) is 0. The first kappa shape index (κ1) is 15.7. The van der Waals surface area contributed by atoms with Crippen molar-refractivity contribution in [1.29, 1.82) is 0 Å². The molecule has 5 nitrogen and oxygen atoms in total. The molecule has 122 valence electrons. The highest BCUT2D eigenvalue weighted by molar-refractivity contribution is 5.63. The van der Waals surface area contributed by atoms with Crippen LogP contribution < -0.4 is 10.2 Å². The van der Waals surface area contributed by atoms with E-state index in [9.17, 15) is 0 Å². The SMILES string of the molecule is CCN1CCN(c2cc(Nc3cc(C)ccc3C)ncn2)CC1. The summed E-state index contributed by atoms with van der Waals surface area (Å²) in [5.74, 6) is 1.85. The van der Waals surface area contributed by atoms with Crippen LogP contribution in [-0.2, 0) is 0 Å². The predicted octanol–water partition coefficient (Wildman–Crippen LogP) is 2.98. The number of hydrogen-bond donors (Lipinski definition) is 1. The molecule has 1 fully saturated rings. The maximum atomic E-state index is 4.45. The van der Waals surface area contributed by atoms with Gasteiger partial charge in [-0.25, -0.2) is 9.97 Å². The minimum Gasteiger partial charge on any atom is -0.354 e. The Morgan fingerprint density at radius 1 is 1.04 bits per heavy atom. The molecule has 1 aliphatic heterocycles. The summed E-state index contributed by atoms with van der Waals surface area (Å²) < 4.78 is 0. The third kappa shape index (κ3) is 3.79. The lowest BCUT2D eigenvalue weighted by Gasteiger charge is -2.34. The highest BCUT2D eigenvalue weighted by Gasteiger charge is 2.17. The monoisotopic (exact) mass is 311 g/mol. The fourth-order valence-electron chi connectivity index (χ4n) is 2.89. The fourth-order valence-corrected chi connectivity index (χ4v) is 2.89. The molecule has 0 atom stereocenters. The van der Waals surface area contributed by atoms with Crippen LogP contribution >= 0.6 is 0 Å². The molecule has 0 bridgehead atoms. The van der Waals surface area contributed by atoms with E-state index in [1.54, 1.807) is 6.33 Å². The van der Waals surface area contributed by atoms with Gasteiger partial charge >= 0.3 is 0 Å². The van der Waals surface area contributed by atoms with E-state index in [2.05, 4.69) is 64.1 Å². The van der Waals surface area contributed by atoms with Crippen molar-refractivity contribution < 1.29 is 0 Å². The highest BCUT2D eigenvalue weighted by atomic mass is 15.3. The second-order valence-corrected chi connectivity index (χ2v) is 6.13. The van der Waals surface area contributed by atoms with E-state index in [0.717, 1.165) is 50.0 Å². The molecule has 1 aliphatic rings. The van der Waals surface area contributed by atoms with Crippen molar-refractivity contribution in [2.75, 3.05) is 42.9 Å². The molecule has 0 saturated carbocycles. The summed E-state index contributed by atoms with van der Waals surface area (Å²) >= 11 is 0. The van der Waals surface area contributed by atoms with Gasteiger partial charge in [0, 0.05) is 37.9 Å². The van der Waals surface area contributed by atoms with Crippen LogP contribution in [0.3, 0.4) is 0 Å². The van der Waals surface area contributed by atoms with Gasteiger partial charge in [-0.1, -0.05) is 19.1 Å². The molecule has 0 aliphatic carbocycles. The minimum absolute atomic E-state index is 0.849. The smallest absolute Gasteiger partial charge is 0.135 e. The molecule has 5 heteroatoms. The van der Waals surface area contributed by atoms with E-state index in [-0.39, 0.29) is 0 Å². The number of anilines is 3. The molecule has 23 heavy (non-hydrogen) atoms. The van der Waals surface area contributed by atoms with E-state index >= 15 is 0 Å². The number of rotatable bonds is 4. The lowest BCUT2D eigenvalue weighted by molar-refractivity contribution is 0.270. The first-order valence-electron chi connectivity index (χ1n) is 8.29. The Balaban J connectivity index is 1.74. The Morgan fingerprint density at radius 2 is 1.83 bits per heavy atom. The molecule has 1 N–H and O–H groups in total. The van der Waals surface area contributed by atoms with Gasteiger partial charge in [0.1, 0.15) is 18.0 Å². The summed E-state index contributed by atoms with van der Waals surface area (Å²) in [4.78, 5) is 13.6. The number of benzene rings is 1. The fraction of sp³-hybridized carbons (Fsp3) is 0.444. The average Bonchev–Trinajstić information content (AvgIpc) is 2.58. The second kappa shape index (κ2) is 6.96. The van der Waals surface area contributed by atoms with Crippen molar-refractivity contribution in [3.8, 4) is 0 Å². The molecule has 0 amide bonds. The molecule has 0 radical (unpaired) electrons. The zero-order valence-electron chi connectivity index (χ0n) is 14.2. The summed E-state index contributed by atoms with van der Waals surface area (Å²) in [6.07, 6.45) is 1.65. The van der Waals surface area contributed by atoms with Crippen LogP contribution in [0.2, 0.25) is 0 Å². The molecule has 3 rings (SSSR count). The van der Waals surface area contributed by atoms with Gasteiger partial charge in [-0.15, -0.1) is 0 Å². The van der Waals surface area contributed by atoms with E-state index < -0.39 is 0 Å². The van der Waals surface area contributed by atoms with Crippen LogP contribution in [0, 0.1) is 13.8 Å². The Morgan fingerprint density at radius 3 is 2.57 bits per heavy atom. The lowest BCUT2D eigenvalue weighted by atomic mass is 10.1. The second-order valence-electron chi connectivity index (χ2n) is 6.13. The minimum atomic E-state index is 0.849. The van der Waals surface area contributed by atoms with E-state index in [1.165, 1.54) is 11.1 Å². The third-order valence-electron chi connectivity index (χ3n) is 4.45. The van der Waals surface area contributed by atoms with Gasteiger partial charge in [-0.05, 0) is 37.6 Å². The highest BCUT2D eigenvalue weighted by Crippen LogP contribution is 2.23. The summed E-state index contributed by atoms with van der Waals surface area (Å²) in [6.45, 7) is 11.8. The average molecular weight is 311 g/mol. The first-order chi connectivity index (χ1) is 11.2. The lowest BCUT2D eigenvalue weighted by Crippen LogP contribution is -2.46. The molecule has 2 heterocycles. The van der Waals surface area contributed by atoms with Crippen molar-refractivity contribution in [2.45, 2.75) is 20.8 Å². The van der Waals surface area contributed by atoms with Crippen LogP contribution in [0.1, 0.15) is 18.1 Å². The van der Waals surface area contributed by atoms with Gasteiger partial charge in [0.05, 0.1) is 0 Å². The molecular weight excluding hydrogens is 286 g/mol. The number of aryl methyl sites for hydroxylation is 2. The number of nitrogens with one attached hydrogen (secondary N) is 1. The van der Waals surface area contributed by atoms with Gasteiger partial charge < -0.3 is 15.1 Å². The zero-order valence-corrected chi connectivity index (χ0v) is 14.2. The molecule has 2 aromatic rings. The Kier molecular flexibility index (Phi) is 4.76. The topological polar surface area (TPSA) is 44.3 Å². The molecule has 0 spiro atoms. The summed E-state index contributed by atoms with van der Waals surface area (Å²) in [5, 5.41) is 3.42. The Bertz CT molecular complexity index is 662. The number of likely N-dealkylation sites (N-methyl/N-ethyl adjacent to an activating group) is 1. The standard InChI is InChI=1S/C18H25N5/c1-4-22-7-9-23(10-8-22)18-12-17(19-13-20-18)21-16-11-14(2)5-6-15(16)3/h5-6,11-13H,4,7-10H2,1-3H3,(H,19,20,21). The number of aromatic nitrogens is 2. The van der Waals surface area contributed by atoms with E-state index in [4.69, 9.17) is 0 Å². The zero-order chi connectivity index (χ0) is 16.2. The van der Waals surface area contributed by atoms with Crippen molar-refractivity contribution in [1.82, 2.24) is 14.9 Å². The van der Waals surface area contributed by atoms with Gasteiger partial charge in [-0.2, -0.15) is 0 Å². The van der Waals surface area contributed by atoms with E-state index in [0.29, 0.717) is 0 Å². The quantitative estimate of drug-likeness (QED) is 0.940. The molecular formula is C18H25N5. The maximum absolute atomic E-state index is 4.45. The maximum Gasteiger partial charge on any atom is 0.135 e. The Hall–Kier alpha value is -2.14. The van der Waals surface area contributed by atoms with Crippen LogP contribution in [0.25, 0.3) is 0 Å². The normalized spacial score (nSPS) is 15.7. The first-order valence-corrected chi connectivity index (χ1v) is 8.29. The van der Waals surface area contributed by atoms with Crippen molar-refractivity contribution in [2.24, 2.45) is 0 Å². The summed E-state index contributed by atoms with van der Waals surface area (Å²) in [6, 6.07) is 8.45. The van der Waals surface area contributed by atoms with Gasteiger partial charge in [0.15, 0.2) is 0 Å². The molecule has 1 aromatic heterocycles. The summed E-state index contributed by atoms with van der Waals surface area (Å²) in [5.41, 5.74) is 3.56. The molecule has 1 saturated heterocycles. The van der Waals surface area contributed by atoms with Gasteiger partial charge in [0.2, 0.25) is 0 Å². The molecule has 0 unspecified atom stereocenters. The van der Waals surface area contributed by atoms with E-state index in [1.807, 2.05) is 6.07 Å². The Labute approximate surface area is 138 Å². The number of hydrogen-bond acceptors (Lipinski definition) is 5. The van der Waals surface area contributed by atoms with Crippen LogP contribution in [-0.4, -0.2) is 47.6 Å². The number of piperazine rings is 1. The third-order valence-corrected chi connectivity index (χ3v) is 4.45. The molecule has 1 aromatic carbocycles. The van der Waals surface area contributed by atoms with Gasteiger partial charge in [-0.3, -0.25) is 0 Å². The van der Waals surface area contributed by atoms with Crippen LogP contribution in [0.5, 0.6) is 0 Å². The van der Waals surface area contributed by atoms with Crippen molar-refractivity contribution in [3.63, 3.8) is 0 Å².